The fourth-order valence-corrected chi connectivity index (χ4v) is 5.25. The summed E-state index contributed by atoms with van der Waals surface area (Å²) in [4.78, 5) is 25.9. The van der Waals surface area contributed by atoms with Gasteiger partial charge in [0, 0.05) is 44.5 Å². The van der Waals surface area contributed by atoms with Crippen molar-refractivity contribution in [1.82, 2.24) is 4.68 Å². The van der Waals surface area contributed by atoms with E-state index in [1.54, 1.807) is 16.8 Å². The first-order valence-electron chi connectivity index (χ1n) is 11.7. The summed E-state index contributed by atoms with van der Waals surface area (Å²) >= 11 is 0. The predicted molar refractivity (Wildman–Crippen MR) is 138 cm³/mol. The number of halogens is 1. The summed E-state index contributed by atoms with van der Waals surface area (Å²) < 4.78 is 46.3. The van der Waals surface area contributed by atoms with Crippen molar-refractivity contribution in [3.8, 4) is 0 Å². The highest BCUT2D eigenvalue weighted by Gasteiger charge is 2.33. The number of likely N-dealkylation sites (N-methyl/N-ethyl adjacent to an activating group) is 1. The van der Waals surface area contributed by atoms with Gasteiger partial charge < -0.3 is 20.7 Å². The molecule has 4 N–H and O–H groups in total. The number of aromatic nitrogens is 1. The van der Waals surface area contributed by atoms with Crippen LogP contribution in [0.4, 0.5) is 10.1 Å². The highest BCUT2D eigenvalue weighted by molar-refractivity contribution is 7.85. The minimum Gasteiger partial charge on any atom is -0.477 e. The van der Waals surface area contributed by atoms with Crippen LogP contribution in [0.15, 0.2) is 46.2 Å². The highest BCUT2D eigenvalue weighted by Crippen LogP contribution is 2.36. The van der Waals surface area contributed by atoms with Crippen molar-refractivity contribution in [3.05, 3.63) is 69.3 Å². The Kier molecular flexibility index (Phi) is 7.01. The summed E-state index contributed by atoms with van der Waals surface area (Å²) in [5.74, 6) is -1.56. The van der Waals surface area contributed by atoms with E-state index in [-0.39, 0.29) is 27.8 Å². The SMILES string of the molecule is C[C@H]1CN(c2c(F)cc3c(=O)c(C(=O)O)cn4c3c2CCN4C)C[C@H]1N.Cc1ccc(S(=O)(=O)O)cc1. The second-order valence-corrected chi connectivity index (χ2v) is 11.0. The van der Waals surface area contributed by atoms with Crippen LogP contribution in [0.1, 0.15) is 28.4 Å². The van der Waals surface area contributed by atoms with Crippen molar-refractivity contribution in [2.75, 3.05) is 36.6 Å². The number of nitrogens with zero attached hydrogens (tertiary/aromatic N) is 3. The number of carboxylic acid groups (broad SMARTS) is 1. The van der Waals surface area contributed by atoms with Gasteiger partial charge in [-0.05, 0) is 37.5 Å². The number of aryl methyl sites for hydroxylation is 1. The number of benzene rings is 2. The largest absolute Gasteiger partial charge is 0.477 e. The second-order valence-electron chi connectivity index (χ2n) is 9.57. The first kappa shape index (κ1) is 26.6. The number of pyridine rings is 1. The van der Waals surface area contributed by atoms with Crippen LogP contribution in [0.25, 0.3) is 10.9 Å². The molecule has 0 unspecified atom stereocenters. The van der Waals surface area contributed by atoms with Gasteiger partial charge in [0.1, 0.15) is 11.4 Å². The Hall–Kier alpha value is -3.48. The first-order chi connectivity index (χ1) is 17.3. The van der Waals surface area contributed by atoms with Crippen LogP contribution in [-0.2, 0) is 16.5 Å². The normalized spacial score (nSPS) is 19.1. The Bertz CT molecular complexity index is 1530. The number of carbonyl (C=O) groups is 1. The lowest BCUT2D eigenvalue weighted by molar-refractivity contribution is 0.0694. The molecule has 3 heterocycles. The van der Waals surface area contributed by atoms with Crippen molar-refractivity contribution < 1.29 is 27.3 Å². The maximum Gasteiger partial charge on any atom is 0.341 e. The molecule has 0 spiro atoms. The molecule has 198 valence electrons. The molecule has 0 radical (unpaired) electrons. The molecule has 5 rings (SSSR count). The molecule has 3 aromatic rings. The Morgan fingerprint density at radius 2 is 1.84 bits per heavy atom. The van der Waals surface area contributed by atoms with Crippen LogP contribution in [0.2, 0.25) is 0 Å². The standard InChI is InChI=1S/C18H21FN4O3.C7H8O3S/c1-9-6-22(8-14(9)20)16-10-3-4-21(2)23-7-12(18(25)26)17(24)11(15(10)23)5-13(16)19;1-6-2-4-7(5-3-6)11(8,9)10/h5,7,9,14H,3-4,6,8,20H2,1-2H3,(H,25,26);2-5H,1H3,(H,8,9,10)/t9-,14+;/m0./s1. The lowest BCUT2D eigenvalue weighted by atomic mass is 9.99. The molecule has 2 aromatic carbocycles. The van der Waals surface area contributed by atoms with Crippen molar-refractivity contribution in [2.45, 2.75) is 31.2 Å². The summed E-state index contributed by atoms with van der Waals surface area (Å²) in [7, 11) is -2.20. The number of hydrogen-bond donors (Lipinski definition) is 3. The second kappa shape index (κ2) is 9.77. The quantitative estimate of drug-likeness (QED) is 0.431. The van der Waals surface area contributed by atoms with Crippen LogP contribution >= 0.6 is 0 Å². The number of aromatic carboxylic acids is 1. The molecule has 37 heavy (non-hydrogen) atoms. The maximum absolute atomic E-state index is 15.0. The van der Waals surface area contributed by atoms with Gasteiger partial charge in [-0.2, -0.15) is 8.42 Å². The number of nitrogens with two attached hydrogens (primary N) is 1. The smallest absolute Gasteiger partial charge is 0.341 e. The van der Waals surface area contributed by atoms with Gasteiger partial charge in [0.2, 0.25) is 5.43 Å². The lowest BCUT2D eigenvalue weighted by Crippen LogP contribution is -2.39. The lowest BCUT2D eigenvalue weighted by Gasteiger charge is -2.33. The third-order valence-corrected chi connectivity index (χ3v) is 7.75. The average molecular weight is 533 g/mol. The third kappa shape index (κ3) is 5.04. The van der Waals surface area contributed by atoms with Crippen molar-refractivity contribution in [2.24, 2.45) is 11.7 Å². The summed E-state index contributed by atoms with van der Waals surface area (Å²) in [5, 5.41) is 11.3. The fraction of sp³-hybridized carbons (Fsp3) is 0.360. The van der Waals surface area contributed by atoms with Gasteiger partial charge in [-0.3, -0.25) is 14.0 Å². The van der Waals surface area contributed by atoms with Crippen LogP contribution in [-0.4, -0.2) is 61.4 Å². The summed E-state index contributed by atoms with van der Waals surface area (Å²) in [5.41, 5.74) is 7.86. The van der Waals surface area contributed by atoms with E-state index in [9.17, 15) is 23.1 Å². The van der Waals surface area contributed by atoms with Gasteiger partial charge in [-0.15, -0.1) is 0 Å². The van der Waals surface area contributed by atoms with Gasteiger partial charge in [-0.25, -0.2) is 9.18 Å². The molecule has 1 fully saturated rings. The summed E-state index contributed by atoms with van der Waals surface area (Å²) in [6, 6.07) is 7.13. The van der Waals surface area contributed by atoms with Gasteiger partial charge >= 0.3 is 5.97 Å². The molecule has 0 bridgehead atoms. The highest BCUT2D eigenvalue weighted by atomic mass is 32.2. The van der Waals surface area contributed by atoms with Crippen molar-refractivity contribution in [3.63, 3.8) is 0 Å². The van der Waals surface area contributed by atoms with Gasteiger partial charge in [0.15, 0.2) is 0 Å². The van der Waals surface area contributed by atoms with E-state index in [0.29, 0.717) is 37.3 Å². The third-order valence-electron chi connectivity index (χ3n) is 6.88. The molecule has 2 atom stereocenters. The van der Waals surface area contributed by atoms with Gasteiger partial charge in [-0.1, -0.05) is 24.6 Å². The topological polar surface area (TPSA) is 146 Å². The minimum atomic E-state index is -4.02. The van der Waals surface area contributed by atoms with Crippen LogP contribution in [0, 0.1) is 18.7 Å². The summed E-state index contributed by atoms with van der Waals surface area (Å²) in [6.07, 6.45) is 1.90. The van der Waals surface area contributed by atoms with E-state index in [0.717, 1.165) is 11.1 Å². The predicted octanol–water partition coefficient (Wildman–Crippen LogP) is 1.99. The molecule has 0 saturated carbocycles. The Labute approximate surface area is 213 Å². The molecule has 1 saturated heterocycles. The Balaban J connectivity index is 0.000000245. The molecule has 0 aliphatic carbocycles. The molecule has 0 amide bonds. The van der Waals surface area contributed by atoms with Gasteiger partial charge in [0.05, 0.1) is 21.5 Å². The molecule has 1 aromatic heterocycles. The zero-order valence-corrected chi connectivity index (χ0v) is 21.5. The molecule has 2 aliphatic rings. The number of carboxylic acids is 1. The maximum atomic E-state index is 15.0. The molecule has 12 heteroatoms. The van der Waals surface area contributed by atoms with Crippen LogP contribution in [0.5, 0.6) is 0 Å². The molecule has 10 nitrogen and oxygen atoms in total. The zero-order valence-electron chi connectivity index (χ0n) is 20.7. The van der Waals surface area contributed by atoms with E-state index < -0.39 is 27.3 Å². The monoisotopic (exact) mass is 532 g/mol. The van der Waals surface area contributed by atoms with E-state index in [4.69, 9.17) is 10.3 Å². The number of rotatable bonds is 3. The van der Waals surface area contributed by atoms with E-state index in [2.05, 4.69) is 0 Å². The number of anilines is 1. The van der Waals surface area contributed by atoms with E-state index >= 15 is 4.39 Å². The minimum absolute atomic E-state index is 0.0276. The Morgan fingerprint density at radius 3 is 2.38 bits per heavy atom. The molecular weight excluding hydrogens is 503 g/mol. The first-order valence-corrected chi connectivity index (χ1v) is 13.1. The van der Waals surface area contributed by atoms with Crippen molar-refractivity contribution in [1.29, 1.82) is 0 Å². The van der Waals surface area contributed by atoms with E-state index in [1.807, 2.05) is 30.8 Å². The van der Waals surface area contributed by atoms with Crippen LogP contribution < -0.4 is 21.1 Å². The molecule has 2 aliphatic heterocycles. The van der Waals surface area contributed by atoms with Crippen LogP contribution in [0.3, 0.4) is 0 Å². The van der Waals surface area contributed by atoms with Crippen molar-refractivity contribution >= 4 is 32.7 Å². The van der Waals surface area contributed by atoms with Gasteiger partial charge in [0.25, 0.3) is 10.1 Å². The zero-order chi connectivity index (χ0) is 27.2. The summed E-state index contributed by atoms with van der Waals surface area (Å²) in [6.45, 7) is 5.69. The van der Waals surface area contributed by atoms with E-state index in [1.165, 1.54) is 24.4 Å². The number of hydrogen-bond acceptors (Lipinski definition) is 7. The fourth-order valence-electron chi connectivity index (χ4n) is 4.77. The Morgan fingerprint density at radius 1 is 1.19 bits per heavy atom. The molecular formula is C25H29FN4O6S. The average Bonchev–Trinajstić information content (AvgIpc) is 3.14.